The fourth-order valence-corrected chi connectivity index (χ4v) is 2.15. The molecule has 0 bridgehead atoms. The number of benzene rings is 2. The number of rotatable bonds is 2. The van der Waals surface area contributed by atoms with Crippen LogP contribution in [0, 0.1) is 19.3 Å². The number of hydrogen-bond acceptors (Lipinski definition) is 3. The first kappa shape index (κ1) is 12.3. The van der Waals surface area contributed by atoms with Crippen molar-refractivity contribution in [3.8, 4) is 12.3 Å². The smallest absolute Gasteiger partial charge is 0.267 e. The molecule has 3 nitrogen and oxygen atoms in total. The molecule has 0 saturated carbocycles. The Balaban J connectivity index is 2.02. The summed E-state index contributed by atoms with van der Waals surface area (Å²) in [5, 5.41) is 4.14. The van der Waals surface area contributed by atoms with Gasteiger partial charge in [0.2, 0.25) is 0 Å². The lowest BCUT2D eigenvalue weighted by Gasteiger charge is -2.22. The van der Waals surface area contributed by atoms with Crippen LogP contribution in [-0.2, 0) is 4.84 Å². The lowest BCUT2D eigenvalue weighted by atomic mass is 10.1. The second-order valence-electron chi connectivity index (χ2n) is 4.61. The maximum atomic E-state index is 5.54. The molecule has 0 aliphatic carbocycles. The van der Waals surface area contributed by atoms with Crippen molar-refractivity contribution in [2.75, 3.05) is 4.90 Å². The van der Waals surface area contributed by atoms with Crippen molar-refractivity contribution in [2.45, 2.75) is 13.2 Å². The van der Waals surface area contributed by atoms with Crippen LogP contribution in [0.2, 0.25) is 0 Å². The van der Waals surface area contributed by atoms with Gasteiger partial charge in [0, 0.05) is 11.3 Å². The largest absolute Gasteiger partial charge is 0.354 e. The van der Waals surface area contributed by atoms with Crippen LogP contribution < -0.4 is 4.90 Å². The summed E-state index contributed by atoms with van der Waals surface area (Å²) in [6, 6.07) is 18.0. The van der Waals surface area contributed by atoms with Crippen molar-refractivity contribution < 1.29 is 4.84 Å². The number of oxime groups is 1. The summed E-state index contributed by atoms with van der Waals surface area (Å²) < 4.78 is 0. The standard InChI is InChI=1S/C17H14N2O/c1-3-16-19(15-11-9-13(2)10-12-15)17(18-20-16)14-7-5-4-6-8-14/h1,4-12,16H,2H3. The number of hydrogen-bond donors (Lipinski definition) is 0. The topological polar surface area (TPSA) is 24.8 Å². The number of amidine groups is 1. The van der Waals surface area contributed by atoms with Crippen molar-refractivity contribution in [3.05, 3.63) is 65.7 Å². The zero-order valence-electron chi connectivity index (χ0n) is 11.2. The Kier molecular flexibility index (Phi) is 3.14. The minimum Gasteiger partial charge on any atom is -0.354 e. The molecule has 0 amide bonds. The van der Waals surface area contributed by atoms with Gasteiger partial charge in [0.15, 0.2) is 5.84 Å². The Hall–Kier alpha value is -2.73. The summed E-state index contributed by atoms with van der Waals surface area (Å²) in [5.41, 5.74) is 3.15. The van der Waals surface area contributed by atoms with E-state index in [4.69, 9.17) is 11.3 Å². The van der Waals surface area contributed by atoms with Gasteiger partial charge in [-0.2, -0.15) is 0 Å². The molecule has 98 valence electrons. The molecule has 0 saturated heterocycles. The monoisotopic (exact) mass is 262 g/mol. The molecule has 1 atom stereocenters. The molecular weight excluding hydrogens is 248 g/mol. The third-order valence-electron chi connectivity index (χ3n) is 3.19. The molecule has 20 heavy (non-hydrogen) atoms. The van der Waals surface area contributed by atoms with Crippen molar-refractivity contribution in [3.63, 3.8) is 0 Å². The van der Waals surface area contributed by atoms with Crippen LogP contribution in [0.4, 0.5) is 5.69 Å². The van der Waals surface area contributed by atoms with Gasteiger partial charge in [0.05, 0.1) is 0 Å². The zero-order valence-corrected chi connectivity index (χ0v) is 11.2. The third kappa shape index (κ3) is 2.12. The van der Waals surface area contributed by atoms with Gasteiger partial charge >= 0.3 is 0 Å². The number of anilines is 1. The second kappa shape index (κ2) is 5.10. The molecule has 3 rings (SSSR count). The van der Waals surface area contributed by atoms with E-state index in [-0.39, 0.29) is 0 Å². The van der Waals surface area contributed by atoms with E-state index in [0.29, 0.717) is 0 Å². The highest BCUT2D eigenvalue weighted by molar-refractivity contribution is 6.11. The molecule has 1 unspecified atom stereocenters. The van der Waals surface area contributed by atoms with Crippen LogP contribution in [0.1, 0.15) is 11.1 Å². The minimum absolute atomic E-state index is 0.507. The van der Waals surface area contributed by atoms with Gasteiger partial charge in [-0.1, -0.05) is 53.2 Å². The molecular formula is C17H14N2O. The van der Waals surface area contributed by atoms with Crippen molar-refractivity contribution in [1.82, 2.24) is 0 Å². The summed E-state index contributed by atoms with van der Waals surface area (Å²) in [4.78, 5) is 7.27. The van der Waals surface area contributed by atoms with E-state index in [9.17, 15) is 0 Å². The molecule has 1 heterocycles. The van der Waals surface area contributed by atoms with Crippen LogP contribution >= 0.6 is 0 Å². The Morgan fingerprint density at radius 2 is 1.80 bits per heavy atom. The molecule has 1 aliphatic rings. The summed E-state index contributed by atoms with van der Waals surface area (Å²) in [5.74, 6) is 3.35. The lowest BCUT2D eigenvalue weighted by Crippen LogP contribution is -2.35. The Labute approximate surface area is 118 Å². The number of terminal acetylenes is 1. The van der Waals surface area contributed by atoms with Crippen LogP contribution in [0.25, 0.3) is 0 Å². The summed E-state index contributed by atoms with van der Waals surface area (Å²) >= 11 is 0. The van der Waals surface area contributed by atoms with Crippen molar-refractivity contribution in [2.24, 2.45) is 5.16 Å². The van der Waals surface area contributed by atoms with Gasteiger partial charge < -0.3 is 4.84 Å². The van der Waals surface area contributed by atoms with Gasteiger partial charge in [-0.3, -0.25) is 4.90 Å². The third-order valence-corrected chi connectivity index (χ3v) is 3.19. The van der Waals surface area contributed by atoms with Crippen molar-refractivity contribution >= 4 is 11.5 Å². The quantitative estimate of drug-likeness (QED) is 0.777. The van der Waals surface area contributed by atoms with Gasteiger partial charge in [0.25, 0.3) is 6.23 Å². The first-order chi connectivity index (χ1) is 9.79. The Bertz CT molecular complexity index is 668. The second-order valence-corrected chi connectivity index (χ2v) is 4.61. The highest BCUT2D eigenvalue weighted by Crippen LogP contribution is 2.25. The maximum absolute atomic E-state index is 5.54. The van der Waals surface area contributed by atoms with Crippen LogP contribution in [0.15, 0.2) is 59.8 Å². The van der Waals surface area contributed by atoms with Crippen LogP contribution in [0.3, 0.4) is 0 Å². The summed E-state index contributed by atoms with van der Waals surface area (Å²) in [6.07, 6.45) is 5.04. The predicted molar refractivity (Wildman–Crippen MR) is 80.3 cm³/mol. The van der Waals surface area contributed by atoms with E-state index in [1.165, 1.54) is 5.56 Å². The van der Waals surface area contributed by atoms with E-state index >= 15 is 0 Å². The molecule has 2 aromatic rings. The summed E-state index contributed by atoms with van der Waals surface area (Å²) in [7, 11) is 0. The van der Waals surface area contributed by atoms with E-state index < -0.39 is 6.23 Å². The van der Waals surface area contributed by atoms with E-state index in [1.54, 1.807) is 0 Å². The molecule has 0 spiro atoms. The molecule has 0 radical (unpaired) electrons. The molecule has 0 fully saturated rings. The Morgan fingerprint density at radius 3 is 2.45 bits per heavy atom. The Morgan fingerprint density at radius 1 is 1.10 bits per heavy atom. The van der Waals surface area contributed by atoms with E-state index in [0.717, 1.165) is 17.1 Å². The molecule has 1 aliphatic heterocycles. The number of aryl methyl sites for hydroxylation is 1. The first-order valence-electron chi connectivity index (χ1n) is 6.41. The van der Waals surface area contributed by atoms with E-state index in [2.05, 4.69) is 18.0 Å². The van der Waals surface area contributed by atoms with Gasteiger partial charge in [-0.05, 0) is 25.0 Å². The first-order valence-corrected chi connectivity index (χ1v) is 6.41. The number of nitrogens with zero attached hydrogens (tertiary/aromatic N) is 2. The van der Waals surface area contributed by atoms with Crippen LogP contribution in [-0.4, -0.2) is 12.1 Å². The minimum atomic E-state index is -0.507. The highest BCUT2D eigenvalue weighted by atomic mass is 16.7. The average molecular weight is 262 g/mol. The SMILES string of the molecule is C#CC1ON=C(c2ccccc2)N1c1ccc(C)cc1. The maximum Gasteiger partial charge on any atom is 0.267 e. The fraction of sp³-hybridized carbons (Fsp3) is 0.118. The highest BCUT2D eigenvalue weighted by Gasteiger charge is 2.30. The van der Waals surface area contributed by atoms with Gasteiger partial charge in [-0.15, -0.1) is 6.42 Å². The normalized spacial score (nSPS) is 17.3. The predicted octanol–water partition coefficient (Wildman–Crippen LogP) is 3.15. The molecule has 3 heteroatoms. The lowest BCUT2D eigenvalue weighted by molar-refractivity contribution is 0.127. The average Bonchev–Trinajstić information content (AvgIpc) is 2.93. The van der Waals surface area contributed by atoms with E-state index in [1.807, 2.05) is 59.5 Å². The molecule has 0 N–H and O–H groups in total. The van der Waals surface area contributed by atoms with Gasteiger partial charge in [-0.25, -0.2) is 0 Å². The van der Waals surface area contributed by atoms with Crippen molar-refractivity contribution in [1.29, 1.82) is 0 Å². The summed E-state index contributed by atoms with van der Waals surface area (Å²) in [6.45, 7) is 2.05. The molecule has 2 aromatic carbocycles. The van der Waals surface area contributed by atoms with Crippen LogP contribution in [0.5, 0.6) is 0 Å². The molecule has 0 aromatic heterocycles. The van der Waals surface area contributed by atoms with Gasteiger partial charge in [0.1, 0.15) is 0 Å². The zero-order chi connectivity index (χ0) is 13.9. The fourth-order valence-electron chi connectivity index (χ4n) is 2.15.